The van der Waals surface area contributed by atoms with Gasteiger partial charge in [0, 0.05) is 12.4 Å². The number of amides is 1. The summed E-state index contributed by atoms with van der Waals surface area (Å²) in [6.45, 7) is 0. The van der Waals surface area contributed by atoms with E-state index < -0.39 is 21.8 Å². The van der Waals surface area contributed by atoms with Crippen molar-refractivity contribution in [1.82, 2.24) is 14.4 Å². The first-order chi connectivity index (χ1) is 15.3. The third-order valence-corrected chi connectivity index (χ3v) is 4.71. The zero-order valence-corrected chi connectivity index (χ0v) is 17.3. The van der Waals surface area contributed by atoms with Gasteiger partial charge >= 0.3 is 10.3 Å². The van der Waals surface area contributed by atoms with E-state index in [-0.39, 0.29) is 33.1 Å². The molecule has 0 unspecified atom stereocenters. The van der Waals surface area contributed by atoms with Gasteiger partial charge in [0.2, 0.25) is 5.95 Å². The van der Waals surface area contributed by atoms with Gasteiger partial charge in [-0.15, -0.1) is 4.41 Å². The van der Waals surface area contributed by atoms with E-state index in [2.05, 4.69) is 15.4 Å². The first-order valence-corrected chi connectivity index (χ1v) is 10.1. The maximum atomic E-state index is 13.1. The van der Waals surface area contributed by atoms with Crippen molar-refractivity contribution in [3.63, 3.8) is 0 Å². The molecule has 0 bridgehead atoms. The summed E-state index contributed by atoms with van der Waals surface area (Å²) in [4.78, 5) is 20.6. The van der Waals surface area contributed by atoms with Crippen molar-refractivity contribution in [1.29, 1.82) is 5.26 Å². The number of nitriles is 1. The summed E-state index contributed by atoms with van der Waals surface area (Å²) in [6, 6.07) is 12.7. The Hall–Kier alpha value is -4.41. The van der Waals surface area contributed by atoms with E-state index in [0.29, 0.717) is 5.75 Å². The minimum Gasteiger partial charge on any atom is -0.495 e. The van der Waals surface area contributed by atoms with Crippen LogP contribution in [-0.2, 0) is 10.3 Å². The molecule has 12 nitrogen and oxygen atoms in total. The zero-order chi connectivity index (χ0) is 23.3. The molecule has 32 heavy (non-hydrogen) atoms. The molecule has 0 aliphatic rings. The Labute approximate surface area is 182 Å². The minimum absolute atomic E-state index is 0.105. The molecule has 3 rings (SSSR count). The highest BCUT2D eigenvalue weighted by Crippen LogP contribution is 2.40. The fraction of sp³-hybridized carbons (Fsp3) is 0.0526. The minimum atomic E-state index is -5.14. The van der Waals surface area contributed by atoms with Crippen molar-refractivity contribution in [2.75, 3.05) is 18.3 Å². The smallest absolute Gasteiger partial charge is 0.380 e. The Morgan fingerprint density at radius 3 is 2.44 bits per heavy atom. The molecule has 0 atom stereocenters. The number of rotatable bonds is 7. The van der Waals surface area contributed by atoms with Crippen LogP contribution in [0.15, 0.2) is 54.9 Å². The van der Waals surface area contributed by atoms with E-state index in [0.717, 1.165) is 6.07 Å². The summed E-state index contributed by atoms with van der Waals surface area (Å²) in [6.07, 6.45) is 2.57. The molecular weight excluding hydrogens is 440 g/mol. The van der Waals surface area contributed by atoms with Crippen LogP contribution in [0.4, 0.5) is 11.6 Å². The van der Waals surface area contributed by atoms with Crippen LogP contribution in [0, 0.1) is 11.3 Å². The van der Waals surface area contributed by atoms with Gasteiger partial charge in [-0.25, -0.2) is 15.4 Å². The predicted molar refractivity (Wildman–Crippen MR) is 112 cm³/mol. The van der Waals surface area contributed by atoms with Crippen molar-refractivity contribution in [2.45, 2.75) is 0 Å². The summed E-state index contributed by atoms with van der Waals surface area (Å²) in [5.41, 5.74) is 7.27. The lowest BCUT2D eigenvalue weighted by atomic mass is 10.1. The number of nitrogens with one attached hydrogen (secondary N) is 1. The second kappa shape index (κ2) is 9.16. The summed E-state index contributed by atoms with van der Waals surface area (Å²) in [5.74, 6) is -1.64. The molecule has 1 amide bonds. The Bertz CT molecular complexity index is 1280. The lowest BCUT2D eigenvalue weighted by molar-refractivity contribution is 0.0873. The van der Waals surface area contributed by atoms with Crippen LogP contribution in [-0.4, -0.2) is 40.4 Å². The number of anilines is 2. The van der Waals surface area contributed by atoms with Gasteiger partial charge in [-0.1, -0.05) is 18.2 Å². The van der Waals surface area contributed by atoms with E-state index in [1.165, 1.54) is 25.6 Å². The summed E-state index contributed by atoms with van der Waals surface area (Å²) >= 11 is 0. The van der Waals surface area contributed by atoms with Crippen LogP contribution in [0.2, 0.25) is 0 Å². The fourth-order valence-electron chi connectivity index (χ4n) is 2.58. The number of para-hydroxylation sites is 1. The molecule has 2 aromatic carbocycles. The maximum absolute atomic E-state index is 13.1. The molecule has 164 valence electrons. The van der Waals surface area contributed by atoms with Crippen molar-refractivity contribution in [2.24, 2.45) is 0 Å². The molecule has 0 aliphatic carbocycles. The lowest BCUT2D eigenvalue weighted by Crippen LogP contribution is -2.41. The number of methoxy groups -OCH3 is 1. The van der Waals surface area contributed by atoms with Crippen LogP contribution in [0.3, 0.4) is 0 Å². The molecule has 0 fully saturated rings. The van der Waals surface area contributed by atoms with Gasteiger partial charge in [0.05, 0.1) is 18.4 Å². The van der Waals surface area contributed by atoms with Crippen molar-refractivity contribution >= 4 is 27.8 Å². The van der Waals surface area contributed by atoms with Gasteiger partial charge in [-0.05, 0) is 24.3 Å². The number of nitrogens with two attached hydrogens (primary N) is 1. The van der Waals surface area contributed by atoms with Gasteiger partial charge in [0.15, 0.2) is 5.75 Å². The van der Waals surface area contributed by atoms with E-state index in [9.17, 15) is 23.0 Å². The Morgan fingerprint density at radius 1 is 1.22 bits per heavy atom. The number of carbonyl (C=O) groups is 1. The van der Waals surface area contributed by atoms with Crippen LogP contribution in [0.25, 0.3) is 0 Å². The number of ether oxygens (including phenoxy) is 2. The predicted octanol–water partition coefficient (Wildman–Crippen LogP) is 2.00. The standard InChI is InChI=1S/C19H16N6O6S/c1-30-15-10-13(16(21)17(14(15)11-20)31-12-6-3-2-4-7-12)18(26)25(32(27,28)29)24-19-22-8-5-9-23-19/h2-10H,21H2,1H3,(H,22,23,24)(H,27,28,29). The number of nitrogens with zero attached hydrogens (tertiary/aromatic N) is 4. The Kier molecular flexibility index (Phi) is 6.38. The molecular formula is C19H16N6O6S. The average molecular weight is 456 g/mol. The molecule has 0 saturated heterocycles. The second-order valence-corrected chi connectivity index (χ2v) is 7.26. The topological polar surface area (TPSA) is 181 Å². The number of hydrazine groups is 1. The molecule has 0 saturated carbocycles. The SMILES string of the molecule is COc1cc(C(=O)N(Nc2ncccn2)S(=O)(=O)O)c(N)c(Oc2ccccc2)c1C#N. The van der Waals surface area contributed by atoms with Gasteiger partial charge < -0.3 is 15.2 Å². The number of hydrogen-bond donors (Lipinski definition) is 3. The van der Waals surface area contributed by atoms with Crippen LogP contribution >= 0.6 is 0 Å². The third-order valence-electron chi connectivity index (χ3n) is 3.99. The largest absolute Gasteiger partial charge is 0.495 e. The molecule has 0 radical (unpaired) electrons. The highest BCUT2D eigenvalue weighted by atomic mass is 32.2. The summed E-state index contributed by atoms with van der Waals surface area (Å²) < 4.78 is 44.1. The van der Waals surface area contributed by atoms with Crippen molar-refractivity contribution in [3.05, 3.63) is 66.0 Å². The molecule has 1 aromatic heterocycles. The van der Waals surface area contributed by atoms with E-state index in [1.54, 1.807) is 30.3 Å². The van der Waals surface area contributed by atoms with Crippen molar-refractivity contribution in [3.8, 4) is 23.3 Å². The number of hydrogen-bond acceptors (Lipinski definition) is 10. The Balaban J connectivity index is 2.13. The van der Waals surface area contributed by atoms with Gasteiger partial charge in [-0.2, -0.15) is 13.7 Å². The van der Waals surface area contributed by atoms with Crippen LogP contribution in [0.1, 0.15) is 15.9 Å². The van der Waals surface area contributed by atoms with E-state index >= 15 is 0 Å². The monoisotopic (exact) mass is 456 g/mol. The normalized spacial score (nSPS) is 10.7. The van der Waals surface area contributed by atoms with Crippen LogP contribution < -0.4 is 20.6 Å². The van der Waals surface area contributed by atoms with E-state index in [4.69, 9.17) is 15.2 Å². The van der Waals surface area contributed by atoms with Crippen molar-refractivity contribution < 1.29 is 27.2 Å². The summed E-state index contributed by atoms with van der Waals surface area (Å²) in [7, 11) is -3.90. The Morgan fingerprint density at radius 2 is 1.88 bits per heavy atom. The second-order valence-electron chi connectivity index (χ2n) is 6.00. The maximum Gasteiger partial charge on any atom is 0.380 e. The van der Waals surface area contributed by atoms with Gasteiger partial charge in [0.1, 0.15) is 23.1 Å². The molecule has 0 aliphatic heterocycles. The highest BCUT2D eigenvalue weighted by Gasteiger charge is 2.32. The number of aromatic nitrogens is 2. The highest BCUT2D eigenvalue weighted by molar-refractivity contribution is 7.84. The lowest BCUT2D eigenvalue weighted by Gasteiger charge is -2.21. The first-order valence-electron chi connectivity index (χ1n) is 8.75. The van der Waals surface area contributed by atoms with Gasteiger partial charge in [-0.3, -0.25) is 9.35 Å². The van der Waals surface area contributed by atoms with Gasteiger partial charge in [0.25, 0.3) is 5.91 Å². The quantitative estimate of drug-likeness (QED) is 0.269. The molecule has 1 heterocycles. The number of carbonyl (C=O) groups excluding carboxylic acids is 1. The first kappa shape index (κ1) is 22.3. The van der Waals surface area contributed by atoms with E-state index in [1.807, 2.05) is 6.07 Å². The average Bonchev–Trinajstić information content (AvgIpc) is 2.78. The summed E-state index contributed by atoms with van der Waals surface area (Å²) in [5, 5.41) is 9.57. The molecule has 4 N–H and O–H groups in total. The number of nitrogen functional groups attached to an aromatic ring is 1. The molecule has 13 heteroatoms. The molecule has 3 aromatic rings. The third kappa shape index (κ3) is 4.67. The fourth-order valence-corrected chi connectivity index (χ4v) is 3.08. The number of benzene rings is 2. The zero-order valence-electron chi connectivity index (χ0n) is 16.5. The molecule has 0 spiro atoms. The van der Waals surface area contributed by atoms with Crippen LogP contribution in [0.5, 0.6) is 17.2 Å².